The fraction of sp³-hybridized carbons (Fsp3) is 0.250. The van der Waals surface area contributed by atoms with Gasteiger partial charge in [0.15, 0.2) is 6.61 Å². The molecule has 1 heterocycles. The Morgan fingerprint density at radius 2 is 1.76 bits per heavy atom. The number of hydrogen-bond acceptors (Lipinski definition) is 7. The SMILES string of the molecule is CCOC(=O)[C@@H](C)N1C(=O)S/C(=C\c2ccc(OCC(=O)Nc3ccc(C)cc3)cc2)C1=O. The Balaban J connectivity index is 1.58. The van der Waals surface area contributed by atoms with Crippen molar-refractivity contribution >= 4 is 46.5 Å². The van der Waals surface area contributed by atoms with Gasteiger partial charge in [-0.3, -0.25) is 19.3 Å². The summed E-state index contributed by atoms with van der Waals surface area (Å²) in [6.45, 7) is 5.09. The summed E-state index contributed by atoms with van der Waals surface area (Å²) < 4.78 is 10.4. The summed E-state index contributed by atoms with van der Waals surface area (Å²) in [6, 6.07) is 13.2. The molecule has 3 amide bonds. The molecule has 1 saturated heterocycles. The maximum absolute atomic E-state index is 12.6. The molecule has 8 nitrogen and oxygen atoms in total. The van der Waals surface area contributed by atoms with E-state index in [9.17, 15) is 19.2 Å². The third kappa shape index (κ3) is 6.23. The molecule has 0 saturated carbocycles. The average molecular weight is 469 g/mol. The van der Waals surface area contributed by atoms with E-state index >= 15 is 0 Å². The molecule has 172 valence electrons. The van der Waals surface area contributed by atoms with E-state index in [1.807, 2.05) is 31.2 Å². The first-order valence-corrected chi connectivity index (χ1v) is 11.1. The highest BCUT2D eigenvalue weighted by atomic mass is 32.2. The molecule has 1 aliphatic rings. The molecule has 3 rings (SSSR count). The second-order valence-corrected chi connectivity index (χ2v) is 8.24. The molecule has 33 heavy (non-hydrogen) atoms. The minimum atomic E-state index is -0.995. The third-order valence-electron chi connectivity index (χ3n) is 4.72. The van der Waals surface area contributed by atoms with E-state index < -0.39 is 23.2 Å². The molecule has 1 N–H and O–H groups in total. The van der Waals surface area contributed by atoms with Crippen molar-refractivity contribution in [2.75, 3.05) is 18.5 Å². The Kier molecular flexibility index (Phi) is 7.89. The van der Waals surface area contributed by atoms with E-state index in [0.717, 1.165) is 22.2 Å². The van der Waals surface area contributed by atoms with E-state index in [0.29, 0.717) is 17.0 Å². The second-order valence-electron chi connectivity index (χ2n) is 7.25. The van der Waals surface area contributed by atoms with Gasteiger partial charge in [0.05, 0.1) is 11.5 Å². The molecule has 1 aliphatic heterocycles. The van der Waals surface area contributed by atoms with Gasteiger partial charge >= 0.3 is 5.97 Å². The number of thioether (sulfide) groups is 1. The zero-order valence-electron chi connectivity index (χ0n) is 18.5. The molecule has 0 aliphatic carbocycles. The fourth-order valence-corrected chi connectivity index (χ4v) is 3.88. The minimum Gasteiger partial charge on any atom is -0.484 e. The van der Waals surface area contributed by atoms with E-state index in [1.54, 1.807) is 37.3 Å². The van der Waals surface area contributed by atoms with Gasteiger partial charge < -0.3 is 14.8 Å². The van der Waals surface area contributed by atoms with E-state index in [1.165, 1.54) is 6.92 Å². The van der Waals surface area contributed by atoms with Crippen molar-refractivity contribution in [1.82, 2.24) is 4.90 Å². The number of benzene rings is 2. The average Bonchev–Trinajstić information content (AvgIpc) is 3.07. The molecular formula is C24H24N2O6S. The van der Waals surface area contributed by atoms with Crippen LogP contribution in [0.15, 0.2) is 53.4 Å². The summed E-state index contributed by atoms with van der Waals surface area (Å²) in [6.07, 6.45) is 1.57. The first kappa shape index (κ1) is 24.1. The lowest BCUT2D eigenvalue weighted by Gasteiger charge is -2.19. The van der Waals surface area contributed by atoms with Gasteiger partial charge in [-0.05, 0) is 68.4 Å². The fourth-order valence-electron chi connectivity index (χ4n) is 2.98. The summed E-state index contributed by atoms with van der Waals surface area (Å²) in [5.74, 6) is -0.977. The zero-order chi connectivity index (χ0) is 24.0. The molecule has 0 spiro atoms. The number of carbonyl (C=O) groups is 4. The van der Waals surface area contributed by atoms with Gasteiger partial charge in [0.25, 0.3) is 17.1 Å². The van der Waals surface area contributed by atoms with Crippen LogP contribution in [0.4, 0.5) is 10.5 Å². The van der Waals surface area contributed by atoms with Crippen molar-refractivity contribution < 1.29 is 28.7 Å². The molecule has 0 aromatic heterocycles. The number of anilines is 1. The van der Waals surface area contributed by atoms with Gasteiger partial charge in [0.2, 0.25) is 0 Å². The quantitative estimate of drug-likeness (QED) is 0.461. The number of imide groups is 1. The Morgan fingerprint density at radius 1 is 1.09 bits per heavy atom. The standard InChI is InChI=1S/C24H24N2O6S/c1-4-31-23(29)16(3)26-22(28)20(33-24(26)30)13-17-7-11-19(12-8-17)32-14-21(27)25-18-9-5-15(2)6-10-18/h5-13,16H,4,14H2,1-3H3,(H,25,27)/b20-13-/t16-/m1/s1. The lowest BCUT2D eigenvalue weighted by molar-refractivity contribution is -0.150. The Labute approximate surface area is 195 Å². The largest absolute Gasteiger partial charge is 0.484 e. The number of aryl methyl sites for hydroxylation is 1. The summed E-state index contributed by atoms with van der Waals surface area (Å²) in [7, 11) is 0. The van der Waals surface area contributed by atoms with Crippen molar-refractivity contribution in [2.24, 2.45) is 0 Å². The van der Waals surface area contributed by atoms with Crippen LogP contribution in [0.1, 0.15) is 25.0 Å². The van der Waals surface area contributed by atoms with Gasteiger partial charge in [-0.1, -0.05) is 29.8 Å². The van der Waals surface area contributed by atoms with Gasteiger partial charge in [0, 0.05) is 5.69 Å². The summed E-state index contributed by atoms with van der Waals surface area (Å²) in [5.41, 5.74) is 2.46. The summed E-state index contributed by atoms with van der Waals surface area (Å²) >= 11 is 0.767. The number of hydrogen-bond donors (Lipinski definition) is 1. The highest BCUT2D eigenvalue weighted by Gasteiger charge is 2.41. The number of amides is 3. The topological polar surface area (TPSA) is 102 Å². The number of nitrogens with one attached hydrogen (secondary N) is 1. The molecule has 1 fully saturated rings. The normalized spacial score (nSPS) is 15.5. The number of esters is 1. The first-order valence-electron chi connectivity index (χ1n) is 10.3. The van der Waals surface area contributed by atoms with E-state index in [2.05, 4.69) is 5.32 Å². The lowest BCUT2D eigenvalue weighted by atomic mass is 10.2. The van der Waals surface area contributed by atoms with Crippen LogP contribution >= 0.6 is 11.8 Å². The molecule has 2 aromatic rings. The van der Waals surface area contributed by atoms with Crippen LogP contribution in [-0.4, -0.2) is 47.2 Å². The Morgan fingerprint density at radius 3 is 2.39 bits per heavy atom. The smallest absolute Gasteiger partial charge is 0.329 e. The van der Waals surface area contributed by atoms with Crippen LogP contribution in [0.25, 0.3) is 6.08 Å². The third-order valence-corrected chi connectivity index (χ3v) is 5.61. The number of nitrogens with zero attached hydrogens (tertiary/aromatic N) is 1. The van der Waals surface area contributed by atoms with E-state index in [-0.39, 0.29) is 24.0 Å². The van der Waals surface area contributed by atoms with Crippen molar-refractivity contribution in [3.05, 3.63) is 64.6 Å². The number of ether oxygens (including phenoxy) is 2. The highest BCUT2D eigenvalue weighted by molar-refractivity contribution is 8.18. The Bertz CT molecular complexity index is 1080. The van der Waals surface area contributed by atoms with E-state index in [4.69, 9.17) is 9.47 Å². The number of carbonyl (C=O) groups excluding carboxylic acids is 4. The monoisotopic (exact) mass is 468 g/mol. The molecule has 2 aromatic carbocycles. The van der Waals surface area contributed by atoms with Crippen molar-refractivity contribution in [2.45, 2.75) is 26.8 Å². The van der Waals surface area contributed by atoms with Crippen LogP contribution < -0.4 is 10.1 Å². The molecule has 9 heteroatoms. The molecular weight excluding hydrogens is 444 g/mol. The molecule has 0 unspecified atom stereocenters. The maximum Gasteiger partial charge on any atom is 0.329 e. The Hall–Kier alpha value is -3.59. The van der Waals surface area contributed by atoms with Crippen LogP contribution in [0.2, 0.25) is 0 Å². The first-order chi connectivity index (χ1) is 15.8. The zero-order valence-corrected chi connectivity index (χ0v) is 19.3. The minimum absolute atomic E-state index is 0.155. The van der Waals surface area contributed by atoms with Gasteiger partial charge in [0.1, 0.15) is 11.8 Å². The van der Waals surface area contributed by atoms with Gasteiger partial charge in [-0.25, -0.2) is 4.79 Å². The summed E-state index contributed by atoms with van der Waals surface area (Å²) in [5, 5.41) is 2.23. The second kappa shape index (κ2) is 10.8. The molecule has 1 atom stereocenters. The van der Waals surface area contributed by atoms with Crippen LogP contribution in [0, 0.1) is 6.92 Å². The van der Waals surface area contributed by atoms with Crippen LogP contribution in [0.3, 0.4) is 0 Å². The lowest BCUT2D eigenvalue weighted by Crippen LogP contribution is -2.42. The van der Waals surface area contributed by atoms with Crippen LogP contribution in [0.5, 0.6) is 5.75 Å². The van der Waals surface area contributed by atoms with Gasteiger partial charge in [-0.15, -0.1) is 0 Å². The van der Waals surface area contributed by atoms with Crippen molar-refractivity contribution in [3.63, 3.8) is 0 Å². The predicted molar refractivity (Wildman–Crippen MR) is 126 cm³/mol. The maximum atomic E-state index is 12.6. The summed E-state index contributed by atoms with van der Waals surface area (Å²) in [4.78, 5) is 49.9. The van der Waals surface area contributed by atoms with Crippen molar-refractivity contribution in [1.29, 1.82) is 0 Å². The number of rotatable bonds is 8. The molecule has 0 bridgehead atoms. The highest BCUT2D eigenvalue weighted by Crippen LogP contribution is 2.34. The van der Waals surface area contributed by atoms with Gasteiger partial charge in [-0.2, -0.15) is 0 Å². The van der Waals surface area contributed by atoms with Crippen molar-refractivity contribution in [3.8, 4) is 5.75 Å². The molecule has 0 radical (unpaired) electrons. The van der Waals surface area contributed by atoms with Crippen LogP contribution in [-0.2, 0) is 19.1 Å². The predicted octanol–water partition coefficient (Wildman–Crippen LogP) is 4.00.